The molecular weight excluding hydrogens is 515 g/mol. The Morgan fingerprint density at radius 2 is 1.71 bits per heavy atom. The van der Waals surface area contributed by atoms with Gasteiger partial charge < -0.3 is 26.1 Å². The molecule has 1 saturated heterocycles. The molecule has 1 heterocycles. The molecule has 4 rings (SSSR count). The van der Waals surface area contributed by atoms with E-state index in [-0.39, 0.29) is 47.1 Å². The largest absolute Gasteiger partial charge is 0.481 e. The standard InChI is InChI=1S/C32H59BN4O4/c1-7-8-9-10-11-12-13-16-25(38)19-23(15-14-17-36-30(34)35)29(39)37-28(18-22(2)3)33-40-27-21-24-20-26(31(24,4)5)32(27,6)41-33/h22-24,26-28H,7-21H2,1-6H3,(H,37,39)(H4,34,35,36)/t23-,24+,26+,27-,28+,32+/m1/s1. The Morgan fingerprint density at radius 3 is 2.34 bits per heavy atom. The highest BCUT2D eigenvalue weighted by Crippen LogP contribution is 2.65. The number of nitrogens with zero attached hydrogens (tertiary/aromatic N) is 1. The first-order chi connectivity index (χ1) is 19.4. The summed E-state index contributed by atoms with van der Waals surface area (Å²) in [7, 11) is -0.475. The number of carbonyl (C=O) groups is 2. The minimum atomic E-state index is -0.475. The maximum atomic E-state index is 13.7. The summed E-state index contributed by atoms with van der Waals surface area (Å²) in [6, 6.07) is 0. The normalized spacial score (nSPS) is 27.6. The Bertz CT molecular complexity index is 893. The molecule has 4 fully saturated rings. The topological polar surface area (TPSA) is 129 Å². The smallest absolute Gasteiger partial charge is 0.404 e. The summed E-state index contributed by atoms with van der Waals surface area (Å²) in [5, 5.41) is 3.29. The van der Waals surface area contributed by atoms with Crippen LogP contribution in [0.15, 0.2) is 4.99 Å². The van der Waals surface area contributed by atoms with E-state index < -0.39 is 13.0 Å². The highest BCUT2D eigenvalue weighted by molar-refractivity contribution is 6.47. The van der Waals surface area contributed by atoms with Crippen LogP contribution in [-0.4, -0.2) is 49.0 Å². The zero-order valence-electron chi connectivity index (χ0n) is 26.9. The third-order valence-corrected chi connectivity index (χ3v) is 10.3. The van der Waals surface area contributed by atoms with Crippen molar-refractivity contribution in [3.05, 3.63) is 0 Å². The first-order valence-electron chi connectivity index (χ1n) is 16.6. The maximum absolute atomic E-state index is 13.7. The van der Waals surface area contributed by atoms with Crippen LogP contribution in [-0.2, 0) is 18.9 Å². The molecule has 0 radical (unpaired) electrons. The summed E-state index contributed by atoms with van der Waals surface area (Å²) in [6.45, 7) is 13.9. The highest BCUT2D eigenvalue weighted by atomic mass is 16.7. The fourth-order valence-corrected chi connectivity index (χ4v) is 7.65. The molecule has 8 nitrogen and oxygen atoms in total. The van der Waals surface area contributed by atoms with Crippen LogP contribution >= 0.6 is 0 Å². The van der Waals surface area contributed by atoms with Gasteiger partial charge in [0.15, 0.2) is 5.96 Å². The lowest BCUT2D eigenvalue weighted by atomic mass is 9.43. The van der Waals surface area contributed by atoms with E-state index in [1.165, 1.54) is 38.5 Å². The van der Waals surface area contributed by atoms with Crippen molar-refractivity contribution in [3.63, 3.8) is 0 Å². The molecule has 1 aliphatic heterocycles. The number of nitrogens with two attached hydrogens (primary N) is 2. The van der Waals surface area contributed by atoms with Gasteiger partial charge in [0.05, 0.1) is 17.6 Å². The molecule has 6 atom stereocenters. The van der Waals surface area contributed by atoms with Gasteiger partial charge in [0.2, 0.25) is 5.91 Å². The summed E-state index contributed by atoms with van der Waals surface area (Å²) in [5.74, 6) is 0.928. The van der Waals surface area contributed by atoms with Crippen LogP contribution in [0.2, 0.25) is 0 Å². The fraction of sp³-hybridized carbons (Fsp3) is 0.906. The Balaban J connectivity index is 1.61. The fourth-order valence-electron chi connectivity index (χ4n) is 7.65. The molecule has 0 unspecified atom stereocenters. The zero-order valence-corrected chi connectivity index (χ0v) is 26.9. The van der Waals surface area contributed by atoms with Gasteiger partial charge in [0, 0.05) is 25.3 Å². The van der Waals surface area contributed by atoms with E-state index in [4.69, 9.17) is 20.8 Å². The number of nitrogens with one attached hydrogen (secondary N) is 1. The van der Waals surface area contributed by atoms with Crippen LogP contribution in [0.1, 0.15) is 131 Å². The molecule has 5 N–H and O–H groups in total. The van der Waals surface area contributed by atoms with Crippen molar-refractivity contribution in [3.8, 4) is 0 Å². The summed E-state index contributed by atoms with van der Waals surface area (Å²) in [5.41, 5.74) is 10.9. The van der Waals surface area contributed by atoms with E-state index >= 15 is 0 Å². The Labute approximate surface area is 250 Å². The Hall–Kier alpha value is -1.61. The van der Waals surface area contributed by atoms with E-state index in [1.54, 1.807) is 0 Å². The number of rotatable bonds is 19. The second kappa shape index (κ2) is 15.2. The molecule has 41 heavy (non-hydrogen) atoms. The molecule has 0 aromatic rings. The minimum absolute atomic E-state index is 0.0459. The van der Waals surface area contributed by atoms with Gasteiger partial charge in [0.25, 0.3) is 0 Å². The van der Waals surface area contributed by atoms with Gasteiger partial charge in [-0.25, -0.2) is 0 Å². The van der Waals surface area contributed by atoms with Gasteiger partial charge in [-0.3, -0.25) is 14.6 Å². The van der Waals surface area contributed by atoms with E-state index in [0.29, 0.717) is 43.6 Å². The number of guanidine groups is 1. The molecule has 3 aliphatic carbocycles. The summed E-state index contributed by atoms with van der Waals surface area (Å²) in [4.78, 5) is 30.8. The number of Topliss-reactive ketones (excluding diaryl/α,β-unsaturated/α-hetero) is 1. The van der Waals surface area contributed by atoms with Gasteiger partial charge in [-0.2, -0.15) is 0 Å². The zero-order chi connectivity index (χ0) is 30.2. The van der Waals surface area contributed by atoms with Crippen LogP contribution in [0, 0.1) is 29.1 Å². The summed E-state index contributed by atoms with van der Waals surface area (Å²) >= 11 is 0. The van der Waals surface area contributed by atoms with Crippen molar-refractivity contribution in [2.45, 2.75) is 149 Å². The lowest BCUT2D eigenvalue weighted by Crippen LogP contribution is -2.65. The van der Waals surface area contributed by atoms with E-state index in [1.807, 2.05) is 0 Å². The number of hydrogen-bond donors (Lipinski definition) is 3. The van der Waals surface area contributed by atoms with Gasteiger partial charge in [-0.1, -0.05) is 73.1 Å². The maximum Gasteiger partial charge on any atom is 0.481 e. The van der Waals surface area contributed by atoms with Gasteiger partial charge in [-0.15, -0.1) is 0 Å². The molecule has 1 amide bonds. The lowest BCUT2D eigenvalue weighted by molar-refractivity contribution is -0.199. The van der Waals surface area contributed by atoms with Crippen molar-refractivity contribution >= 4 is 24.8 Å². The second-order valence-corrected chi connectivity index (χ2v) is 14.3. The van der Waals surface area contributed by atoms with Crippen molar-refractivity contribution in [2.75, 3.05) is 6.54 Å². The van der Waals surface area contributed by atoms with Crippen LogP contribution in [0.25, 0.3) is 0 Å². The summed E-state index contributed by atoms with van der Waals surface area (Å²) < 4.78 is 13.3. The minimum Gasteiger partial charge on any atom is -0.404 e. The van der Waals surface area contributed by atoms with Gasteiger partial charge >= 0.3 is 7.12 Å². The molecule has 0 aromatic heterocycles. The monoisotopic (exact) mass is 574 g/mol. The molecule has 4 aliphatic rings. The van der Waals surface area contributed by atoms with E-state index in [0.717, 1.165) is 25.7 Å². The van der Waals surface area contributed by atoms with Crippen molar-refractivity contribution in [2.24, 2.45) is 45.5 Å². The van der Waals surface area contributed by atoms with Crippen LogP contribution in [0.3, 0.4) is 0 Å². The van der Waals surface area contributed by atoms with Crippen molar-refractivity contribution in [1.29, 1.82) is 0 Å². The first kappa shape index (κ1) is 33.9. The number of carbonyl (C=O) groups excluding carboxylic acids is 2. The SMILES string of the molecule is CCCCCCCCCC(=O)C[C@@H](CCCN=C(N)N)C(=O)N[C@@H](CC(C)C)B1O[C@@H]2C[C@@H]3C[C@@H](C3(C)C)[C@]2(C)O1. The number of amides is 1. The molecule has 9 heteroatoms. The Kier molecular flexibility index (Phi) is 12.6. The number of ketones is 1. The molecule has 0 spiro atoms. The van der Waals surface area contributed by atoms with Crippen molar-refractivity contribution in [1.82, 2.24) is 5.32 Å². The van der Waals surface area contributed by atoms with Gasteiger partial charge in [0.1, 0.15) is 5.78 Å². The predicted molar refractivity (Wildman–Crippen MR) is 167 cm³/mol. The molecule has 3 saturated carbocycles. The van der Waals surface area contributed by atoms with E-state index in [9.17, 15) is 9.59 Å². The van der Waals surface area contributed by atoms with Crippen LogP contribution in [0.5, 0.6) is 0 Å². The molecule has 234 valence electrons. The number of aliphatic imine (C=N–C) groups is 1. The average Bonchev–Trinajstić information content (AvgIpc) is 3.26. The molecular formula is C32H59BN4O4. The number of hydrogen-bond acceptors (Lipinski definition) is 5. The third kappa shape index (κ3) is 8.95. The molecule has 0 aromatic carbocycles. The third-order valence-electron chi connectivity index (χ3n) is 10.3. The van der Waals surface area contributed by atoms with E-state index in [2.05, 4.69) is 51.9 Å². The number of unbranched alkanes of at least 4 members (excludes halogenated alkanes) is 6. The summed E-state index contributed by atoms with van der Waals surface area (Å²) in [6.07, 6.45) is 13.2. The quantitative estimate of drug-likeness (QED) is 0.0803. The predicted octanol–water partition coefficient (Wildman–Crippen LogP) is 5.55. The lowest BCUT2D eigenvalue weighted by Gasteiger charge is -2.64. The van der Waals surface area contributed by atoms with Gasteiger partial charge in [-0.05, 0) is 68.6 Å². The van der Waals surface area contributed by atoms with Crippen LogP contribution in [0.4, 0.5) is 0 Å². The Morgan fingerprint density at radius 1 is 1.02 bits per heavy atom. The van der Waals surface area contributed by atoms with Crippen molar-refractivity contribution < 1.29 is 18.9 Å². The average molecular weight is 575 g/mol. The molecule has 2 bridgehead atoms. The highest BCUT2D eigenvalue weighted by Gasteiger charge is 2.68. The first-order valence-corrected chi connectivity index (χ1v) is 16.6. The van der Waals surface area contributed by atoms with Crippen LogP contribution < -0.4 is 16.8 Å². The second-order valence-electron chi connectivity index (χ2n) is 14.3.